The van der Waals surface area contributed by atoms with Crippen LogP contribution in [0.1, 0.15) is 29.8 Å². The van der Waals surface area contributed by atoms with Gasteiger partial charge in [0.05, 0.1) is 12.2 Å². The Bertz CT molecular complexity index is 1020. The van der Waals surface area contributed by atoms with E-state index in [1.807, 2.05) is 68.4 Å². The fourth-order valence-electron chi connectivity index (χ4n) is 3.24. The van der Waals surface area contributed by atoms with Crippen LogP contribution in [0.4, 0.5) is 11.4 Å². The fraction of sp³-hybridized carbons (Fsp3) is 0.231. The van der Waals surface area contributed by atoms with Crippen LogP contribution in [-0.4, -0.2) is 36.3 Å². The van der Waals surface area contributed by atoms with Gasteiger partial charge in [-0.1, -0.05) is 42.5 Å². The number of benzene rings is 3. The Labute approximate surface area is 189 Å². The number of hydrogen-bond acceptors (Lipinski definition) is 4. The average molecular weight is 432 g/mol. The van der Waals surface area contributed by atoms with Crippen molar-refractivity contribution < 1.29 is 14.3 Å². The summed E-state index contributed by atoms with van der Waals surface area (Å²) in [5.41, 5.74) is 3.07. The first-order valence-corrected chi connectivity index (χ1v) is 10.8. The summed E-state index contributed by atoms with van der Waals surface area (Å²) in [6.07, 6.45) is 0. The lowest BCUT2D eigenvalue weighted by atomic mass is 10.1. The molecule has 0 fully saturated rings. The van der Waals surface area contributed by atoms with Crippen LogP contribution in [0.5, 0.6) is 5.75 Å². The maximum absolute atomic E-state index is 12.4. The lowest BCUT2D eigenvalue weighted by molar-refractivity contribution is -0.114. The first kappa shape index (κ1) is 22.9. The summed E-state index contributed by atoms with van der Waals surface area (Å²) >= 11 is 0. The number of para-hydroxylation sites is 2. The van der Waals surface area contributed by atoms with E-state index >= 15 is 0 Å². The first-order valence-electron chi connectivity index (χ1n) is 10.8. The topological polar surface area (TPSA) is 70.7 Å². The minimum absolute atomic E-state index is 0.0124. The van der Waals surface area contributed by atoms with Crippen LogP contribution < -0.4 is 15.4 Å². The zero-order chi connectivity index (χ0) is 22.8. The second-order valence-electron chi connectivity index (χ2n) is 7.23. The van der Waals surface area contributed by atoms with Crippen LogP contribution in [0.25, 0.3) is 0 Å². The Morgan fingerprint density at radius 3 is 2.19 bits per heavy atom. The highest BCUT2D eigenvalue weighted by Gasteiger charge is 2.12. The third kappa shape index (κ3) is 6.35. The van der Waals surface area contributed by atoms with Crippen LogP contribution in [-0.2, 0) is 11.4 Å². The molecule has 166 valence electrons. The van der Waals surface area contributed by atoms with E-state index in [1.165, 1.54) is 0 Å². The molecule has 32 heavy (non-hydrogen) atoms. The van der Waals surface area contributed by atoms with E-state index in [0.29, 0.717) is 36.7 Å². The van der Waals surface area contributed by atoms with E-state index in [0.717, 1.165) is 11.3 Å². The molecule has 0 atom stereocenters. The maximum atomic E-state index is 12.4. The number of nitrogens with one attached hydrogen (secondary N) is 2. The molecule has 0 bridgehead atoms. The molecular weight excluding hydrogens is 402 g/mol. The lowest BCUT2D eigenvalue weighted by Crippen LogP contribution is -2.30. The van der Waals surface area contributed by atoms with Crippen molar-refractivity contribution in [2.75, 3.05) is 30.3 Å². The Morgan fingerprint density at radius 2 is 1.50 bits per heavy atom. The molecule has 0 aromatic heterocycles. The molecule has 6 heteroatoms. The van der Waals surface area contributed by atoms with Gasteiger partial charge in [0.15, 0.2) is 0 Å². The van der Waals surface area contributed by atoms with Gasteiger partial charge in [-0.05, 0) is 55.8 Å². The molecule has 0 spiro atoms. The van der Waals surface area contributed by atoms with Gasteiger partial charge >= 0.3 is 0 Å². The molecule has 2 N–H and O–H groups in total. The van der Waals surface area contributed by atoms with Crippen LogP contribution in [0.3, 0.4) is 0 Å². The molecular formula is C26H29N3O3. The van der Waals surface area contributed by atoms with Crippen molar-refractivity contribution in [2.45, 2.75) is 20.5 Å². The number of rotatable bonds is 10. The third-order valence-corrected chi connectivity index (χ3v) is 5.03. The molecule has 0 aliphatic rings. The number of amides is 2. The molecule has 0 aliphatic heterocycles. The van der Waals surface area contributed by atoms with Crippen LogP contribution in [0.2, 0.25) is 0 Å². The zero-order valence-corrected chi connectivity index (χ0v) is 18.5. The molecule has 0 unspecified atom stereocenters. The Hall–Kier alpha value is -3.80. The van der Waals surface area contributed by atoms with E-state index in [9.17, 15) is 9.59 Å². The third-order valence-electron chi connectivity index (χ3n) is 5.03. The van der Waals surface area contributed by atoms with E-state index in [2.05, 4.69) is 10.6 Å². The summed E-state index contributed by atoms with van der Waals surface area (Å²) in [6.45, 7) is 5.77. The van der Waals surface area contributed by atoms with Gasteiger partial charge < -0.3 is 20.3 Å². The van der Waals surface area contributed by atoms with E-state index in [-0.39, 0.29) is 18.4 Å². The molecule has 3 rings (SSSR count). The van der Waals surface area contributed by atoms with Crippen molar-refractivity contribution >= 4 is 23.2 Å². The molecule has 0 heterocycles. The smallest absolute Gasteiger partial charge is 0.253 e. The molecule has 6 nitrogen and oxygen atoms in total. The summed E-state index contributed by atoms with van der Waals surface area (Å²) in [5.74, 6) is 0.482. The summed E-state index contributed by atoms with van der Waals surface area (Å²) in [6, 6.07) is 24.4. The van der Waals surface area contributed by atoms with Gasteiger partial charge in [-0.25, -0.2) is 0 Å². The van der Waals surface area contributed by atoms with Gasteiger partial charge in [-0.15, -0.1) is 0 Å². The highest BCUT2D eigenvalue weighted by molar-refractivity contribution is 5.96. The number of ether oxygens (including phenoxy) is 1. The van der Waals surface area contributed by atoms with E-state index < -0.39 is 0 Å². The second-order valence-corrected chi connectivity index (χ2v) is 7.23. The van der Waals surface area contributed by atoms with Crippen molar-refractivity contribution in [3.05, 3.63) is 90.0 Å². The minimum Gasteiger partial charge on any atom is -0.487 e. The summed E-state index contributed by atoms with van der Waals surface area (Å²) in [5, 5.41) is 5.98. The van der Waals surface area contributed by atoms with E-state index in [1.54, 1.807) is 29.2 Å². The standard InChI is InChI=1S/C26H29N3O3/c1-3-29(4-2)26(31)21-14-16-22(17-15-21)28-25(30)18-27-23-12-8-9-13-24(23)32-19-20-10-6-5-7-11-20/h5-17,27H,3-4,18-19H2,1-2H3,(H,28,30). The SMILES string of the molecule is CCN(CC)C(=O)c1ccc(NC(=O)CNc2ccccc2OCc2ccccc2)cc1. The predicted octanol–water partition coefficient (Wildman–Crippen LogP) is 4.80. The zero-order valence-electron chi connectivity index (χ0n) is 18.5. The Balaban J connectivity index is 1.53. The highest BCUT2D eigenvalue weighted by Crippen LogP contribution is 2.24. The van der Waals surface area contributed by atoms with Gasteiger partial charge in [0.25, 0.3) is 5.91 Å². The largest absolute Gasteiger partial charge is 0.487 e. The molecule has 0 radical (unpaired) electrons. The molecule has 3 aromatic rings. The number of hydrogen-bond donors (Lipinski definition) is 2. The van der Waals surface area contributed by atoms with Gasteiger partial charge in [0, 0.05) is 24.3 Å². The van der Waals surface area contributed by atoms with Crippen molar-refractivity contribution in [1.29, 1.82) is 0 Å². The number of anilines is 2. The molecule has 3 aromatic carbocycles. The summed E-state index contributed by atoms with van der Waals surface area (Å²) in [7, 11) is 0. The number of carbonyl (C=O) groups excluding carboxylic acids is 2. The molecule has 0 saturated carbocycles. The van der Waals surface area contributed by atoms with Gasteiger partial charge in [-0.3, -0.25) is 9.59 Å². The van der Waals surface area contributed by atoms with Crippen LogP contribution in [0, 0.1) is 0 Å². The van der Waals surface area contributed by atoms with Crippen molar-refractivity contribution in [3.63, 3.8) is 0 Å². The summed E-state index contributed by atoms with van der Waals surface area (Å²) < 4.78 is 5.92. The number of nitrogens with zero attached hydrogens (tertiary/aromatic N) is 1. The predicted molar refractivity (Wildman–Crippen MR) is 128 cm³/mol. The fourth-order valence-corrected chi connectivity index (χ4v) is 3.24. The highest BCUT2D eigenvalue weighted by atomic mass is 16.5. The monoisotopic (exact) mass is 431 g/mol. The Morgan fingerprint density at radius 1 is 0.844 bits per heavy atom. The van der Waals surface area contributed by atoms with Crippen LogP contribution >= 0.6 is 0 Å². The van der Waals surface area contributed by atoms with Gasteiger partial charge in [0.1, 0.15) is 12.4 Å². The van der Waals surface area contributed by atoms with Crippen molar-refractivity contribution in [1.82, 2.24) is 4.90 Å². The molecule has 2 amide bonds. The second kappa shape index (κ2) is 11.6. The number of carbonyl (C=O) groups is 2. The van der Waals surface area contributed by atoms with Gasteiger partial charge in [0.2, 0.25) is 5.91 Å². The van der Waals surface area contributed by atoms with Crippen LogP contribution in [0.15, 0.2) is 78.9 Å². The lowest BCUT2D eigenvalue weighted by Gasteiger charge is -2.18. The first-order chi connectivity index (χ1) is 15.6. The Kier molecular flexibility index (Phi) is 8.26. The molecule has 0 aliphatic carbocycles. The summed E-state index contributed by atoms with van der Waals surface area (Å²) in [4.78, 5) is 26.6. The van der Waals surface area contributed by atoms with Gasteiger partial charge in [-0.2, -0.15) is 0 Å². The van der Waals surface area contributed by atoms with Crippen molar-refractivity contribution in [2.24, 2.45) is 0 Å². The van der Waals surface area contributed by atoms with Crippen molar-refractivity contribution in [3.8, 4) is 5.75 Å². The van der Waals surface area contributed by atoms with E-state index in [4.69, 9.17) is 4.74 Å². The average Bonchev–Trinajstić information content (AvgIpc) is 2.83. The maximum Gasteiger partial charge on any atom is 0.253 e. The quantitative estimate of drug-likeness (QED) is 0.484. The minimum atomic E-state index is -0.189. The molecule has 0 saturated heterocycles. The normalized spacial score (nSPS) is 10.3.